The second-order valence-electron chi connectivity index (χ2n) is 4.60. The predicted octanol–water partition coefficient (Wildman–Crippen LogP) is 2.70. The zero-order chi connectivity index (χ0) is 16.1. The number of nitrogens with one attached hydrogen (secondary N) is 1. The van der Waals surface area contributed by atoms with Crippen LogP contribution in [0.15, 0.2) is 36.4 Å². The minimum Gasteiger partial charge on any atom is -0.465 e. The highest BCUT2D eigenvalue weighted by atomic mass is 16.6. The number of anilines is 1. The van der Waals surface area contributed by atoms with E-state index in [9.17, 15) is 14.9 Å². The Hall–Kier alpha value is -2.96. The van der Waals surface area contributed by atoms with E-state index in [1.165, 1.54) is 13.2 Å². The van der Waals surface area contributed by atoms with E-state index in [-0.39, 0.29) is 11.7 Å². The Kier molecular flexibility index (Phi) is 4.67. The van der Waals surface area contributed by atoms with Crippen molar-refractivity contribution in [3.8, 4) is 0 Å². The second-order valence-corrected chi connectivity index (χ2v) is 4.60. The molecule has 0 radical (unpaired) electrons. The zero-order valence-corrected chi connectivity index (χ0v) is 12.2. The number of esters is 1. The second kappa shape index (κ2) is 6.66. The highest BCUT2D eigenvalue weighted by Gasteiger charge is 2.11. The lowest BCUT2D eigenvalue weighted by molar-refractivity contribution is -0.385. The summed E-state index contributed by atoms with van der Waals surface area (Å²) in [6.45, 7) is 2.08. The first-order valence-electron chi connectivity index (χ1n) is 6.54. The number of benzene rings is 1. The fourth-order valence-electron chi connectivity index (χ4n) is 1.91. The van der Waals surface area contributed by atoms with Crippen LogP contribution in [0.3, 0.4) is 0 Å². The Morgan fingerprint density at radius 3 is 2.50 bits per heavy atom. The fraction of sp³-hybridized carbons (Fsp3) is 0.200. The first-order chi connectivity index (χ1) is 10.5. The summed E-state index contributed by atoms with van der Waals surface area (Å²) in [6, 6.07) is 9.95. The maximum Gasteiger partial charge on any atom is 0.337 e. The van der Waals surface area contributed by atoms with Gasteiger partial charge in [-0.2, -0.15) is 0 Å². The van der Waals surface area contributed by atoms with Crippen LogP contribution >= 0.6 is 0 Å². The highest BCUT2D eigenvalue weighted by Crippen LogP contribution is 2.18. The number of carbonyl (C=O) groups excluding carboxylic acids is 1. The first-order valence-corrected chi connectivity index (χ1v) is 6.54. The van der Waals surface area contributed by atoms with Gasteiger partial charge in [-0.1, -0.05) is 12.1 Å². The third-order valence-electron chi connectivity index (χ3n) is 3.10. The summed E-state index contributed by atoms with van der Waals surface area (Å²) in [5.74, 6) is 0.173. The molecule has 7 nitrogen and oxygen atoms in total. The van der Waals surface area contributed by atoms with Crippen molar-refractivity contribution in [2.75, 3.05) is 12.4 Å². The van der Waals surface area contributed by atoms with E-state index in [4.69, 9.17) is 0 Å². The Bertz CT molecular complexity index is 698. The summed E-state index contributed by atoms with van der Waals surface area (Å²) in [4.78, 5) is 25.7. The van der Waals surface area contributed by atoms with Crippen molar-refractivity contribution in [3.05, 3.63) is 63.3 Å². The van der Waals surface area contributed by atoms with Gasteiger partial charge in [0.2, 0.25) is 0 Å². The molecule has 0 bridgehead atoms. The average molecular weight is 301 g/mol. The van der Waals surface area contributed by atoms with Gasteiger partial charge < -0.3 is 10.1 Å². The van der Waals surface area contributed by atoms with Crippen molar-refractivity contribution in [1.82, 2.24) is 4.98 Å². The number of ether oxygens (including phenoxy) is 1. The third-order valence-corrected chi connectivity index (χ3v) is 3.10. The van der Waals surface area contributed by atoms with Gasteiger partial charge in [-0.05, 0) is 30.7 Å². The van der Waals surface area contributed by atoms with Crippen molar-refractivity contribution >= 4 is 17.5 Å². The molecule has 0 spiro atoms. The zero-order valence-electron chi connectivity index (χ0n) is 12.2. The molecule has 0 amide bonds. The molecule has 0 saturated carbocycles. The molecular formula is C15H15N3O4. The van der Waals surface area contributed by atoms with E-state index >= 15 is 0 Å². The SMILES string of the molecule is COC(=O)c1ccc(CNc2ccc([N+](=O)[O-])c(C)n2)cc1. The molecule has 1 N–H and O–H groups in total. The van der Waals surface area contributed by atoms with Crippen LogP contribution in [0.25, 0.3) is 0 Å². The highest BCUT2D eigenvalue weighted by molar-refractivity contribution is 5.89. The maximum absolute atomic E-state index is 11.3. The van der Waals surface area contributed by atoms with E-state index in [1.807, 2.05) is 0 Å². The Labute approximate surface area is 127 Å². The molecule has 0 aliphatic carbocycles. The lowest BCUT2D eigenvalue weighted by atomic mass is 10.1. The number of hydrogen-bond acceptors (Lipinski definition) is 6. The van der Waals surface area contributed by atoms with Crippen LogP contribution in [0.2, 0.25) is 0 Å². The molecule has 7 heteroatoms. The van der Waals surface area contributed by atoms with E-state index in [2.05, 4.69) is 15.0 Å². The molecule has 0 aliphatic heterocycles. The summed E-state index contributed by atoms with van der Waals surface area (Å²) < 4.78 is 4.63. The fourth-order valence-corrected chi connectivity index (χ4v) is 1.91. The van der Waals surface area contributed by atoms with Gasteiger partial charge >= 0.3 is 5.97 Å². The molecule has 1 aromatic heterocycles. The van der Waals surface area contributed by atoms with Gasteiger partial charge in [0.05, 0.1) is 17.6 Å². The molecule has 0 saturated heterocycles. The molecule has 1 aromatic carbocycles. The van der Waals surface area contributed by atoms with Crippen LogP contribution in [0.5, 0.6) is 0 Å². The quantitative estimate of drug-likeness (QED) is 0.518. The molecule has 0 fully saturated rings. The summed E-state index contributed by atoms with van der Waals surface area (Å²) in [5, 5.41) is 13.8. The number of methoxy groups -OCH3 is 1. The number of rotatable bonds is 5. The Morgan fingerprint density at radius 1 is 1.27 bits per heavy atom. The first kappa shape index (κ1) is 15.4. The van der Waals surface area contributed by atoms with Crippen LogP contribution in [-0.2, 0) is 11.3 Å². The Morgan fingerprint density at radius 2 is 1.95 bits per heavy atom. The molecule has 2 rings (SSSR count). The van der Waals surface area contributed by atoms with E-state index in [0.717, 1.165) is 5.56 Å². The van der Waals surface area contributed by atoms with Crippen molar-refractivity contribution in [1.29, 1.82) is 0 Å². The van der Waals surface area contributed by atoms with Gasteiger partial charge in [-0.15, -0.1) is 0 Å². The average Bonchev–Trinajstić information content (AvgIpc) is 2.52. The summed E-state index contributed by atoms with van der Waals surface area (Å²) in [6.07, 6.45) is 0. The minimum absolute atomic E-state index is 0.00650. The normalized spacial score (nSPS) is 10.1. The largest absolute Gasteiger partial charge is 0.465 e. The van der Waals surface area contributed by atoms with Crippen molar-refractivity contribution in [3.63, 3.8) is 0 Å². The summed E-state index contributed by atoms with van der Waals surface area (Å²) >= 11 is 0. The number of nitro groups is 1. The number of aromatic nitrogens is 1. The van der Waals surface area contributed by atoms with Crippen LogP contribution in [0.4, 0.5) is 11.5 Å². The van der Waals surface area contributed by atoms with Crippen molar-refractivity contribution in [2.24, 2.45) is 0 Å². The standard InChI is InChI=1S/C15H15N3O4/c1-10-13(18(20)21)7-8-14(17-10)16-9-11-3-5-12(6-4-11)15(19)22-2/h3-8H,9H2,1-2H3,(H,16,17). The lowest BCUT2D eigenvalue weighted by Crippen LogP contribution is -2.05. The van der Waals surface area contributed by atoms with Gasteiger partial charge in [0, 0.05) is 12.6 Å². The van der Waals surface area contributed by atoms with E-state index in [0.29, 0.717) is 23.6 Å². The van der Waals surface area contributed by atoms with Gasteiger partial charge in [0.15, 0.2) is 0 Å². The van der Waals surface area contributed by atoms with Gasteiger partial charge in [-0.25, -0.2) is 9.78 Å². The van der Waals surface area contributed by atoms with E-state index < -0.39 is 4.92 Å². The minimum atomic E-state index is -0.461. The topological polar surface area (TPSA) is 94.4 Å². The van der Waals surface area contributed by atoms with Gasteiger partial charge in [-0.3, -0.25) is 10.1 Å². The molecule has 1 heterocycles. The van der Waals surface area contributed by atoms with Gasteiger partial charge in [0.25, 0.3) is 5.69 Å². The summed E-state index contributed by atoms with van der Waals surface area (Å²) in [5.41, 5.74) is 1.78. The Balaban J connectivity index is 2.02. The van der Waals surface area contributed by atoms with Crippen molar-refractivity contribution < 1.29 is 14.5 Å². The number of aryl methyl sites for hydroxylation is 1. The third kappa shape index (κ3) is 3.57. The monoisotopic (exact) mass is 301 g/mol. The van der Waals surface area contributed by atoms with Crippen LogP contribution in [0, 0.1) is 17.0 Å². The lowest BCUT2D eigenvalue weighted by Gasteiger charge is -2.07. The molecule has 0 aliphatic rings. The smallest absolute Gasteiger partial charge is 0.337 e. The molecule has 0 unspecified atom stereocenters. The van der Waals surface area contributed by atoms with Crippen LogP contribution < -0.4 is 5.32 Å². The number of nitrogens with zero attached hydrogens (tertiary/aromatic N) is 2. The van der Waals surface area contributed by atoms with Crippen LogP contribution in [-0.4, -0.2) is 23.0 Å². The van der Waals surface area contributed by atoms with Crippen molar-refractivity contribution in [2.45, 2.75) is 13.5 Å². The van der Waals surface area contributed by atoms with Gasteiger partial charge in [0.1, 0.15) is 11.5 Å². The maximum atomic E-state index is 11.3. The van der Waals surface area contributed by atoms with E-state index in [1.54, 1.807) is 37.3 Å². The number of hydrogen-bond donors (Lipinski definition) is 1. The number of pyridine rings is 1. The molecule has 2 aromatic rings. The molecule has 22 heavy (non-hydrogen) atoms. The predicted molar refractivity (Wildman–Crippen MR) is 80.7 cm³/mol. The summed E-state index contributed by atoms with van der Waals surface area (Å²) in [7, 11) is 1.33. The molecule has 0 atom stereocenters. The number of carbonyl (C=O) groups is 1. The molecular weight excluding hydrogens is 286 g/mol. The molecule has 114 valence electrons. The van der Waals surface area contributed by atoms with Crippen LogP contribution in [0.1, 0.15) is 21.6 Å².